The molecule has 0 radical (unpaired) electrons. The molecule has 1 aromatic rings. The van der Waals surface area contributed by atoms with Crippen LogP contribution in [0.25, 0.3) is 0 Å². The first kappa shape index (κ1) is 15.8. The molecule has 2 unspecified atom stereocenters. The zero-order valence-corrected chi connectivity index (χ0v) is 14.6. The summed E-state index contributed by atoms with van der Waals surface area (Å²) in [5.41, 5.74) is 1.22. The molecule has 112 valence electrons. The number of hydrogen-bond acceptors (Lipinski definition) is 2. The Morgan fingerprint density at radius 3 is 2.85 bits per heavy atom. The maximum atomic E-state index is 6.33. The molecule has 2 atom stereocenters. The van der Waals surface area contributed by atoms with Crippen molar-refractivity contribution in [2.45, 2.75) is 58.6 Å². The molecule has 20 heavy (non-hydrogen) atoms. The summed E-state index contributed by atoms with van der Waals surface area (Å²) in [5, 5.41) is 3.68. The van der Waals surface area contributed by atoms with E-state index in [0.717, 1.165) is 36.0 Å². The van der Waals surface area contributed by atoms with Crippen molar-refractivity contribution < 1.29 is 4.74 Å². The third-order valence-electron chi connectivity index (χ3n) is 3.82. The lowest BCUT2D eigenvalue weighted by Crippen LogP contribution is -2.43. The number of fused-ring (bicyclic) bond motifs is 1. The molecule has 0 fully saturated rings. The Morgan fingerprint density at radius 1 is 1.45 bits per heavy atom. The number of rotatable bonds is 5. The topological polar surface area (TPSA) is 21.3 Å². The van der Waals surface area contributed by atoms with Gasteiger partial charge in [0, 0.05) is 22.5 Å². The normalized spacial score (nSPS) is 25.4. The summed E-state index contributed by atoms with van der Waals surface area (Å²) in [5.74, 6) is 1.68. The molecule has 1 aliphatic rings. The van der Waals surface area contributed by atoms with Gasteiger partial charge in [-0.3, -0.25) is 0 Å². The molecule has 0 aliphatic carbocycles. The minimum absolute atomic E-state index is 0.0690. The molecule has 0 saturated carbocycles. The Labute approximate surface area is 131 Å². The first-order valence-electron chi connectivity index (χ1n) is 7.65. The molecular weight excluding hydrogens is 314 g/mol. The quantitative estimate of drug-likeness (QED) is 0.807. The molecular formula is C17H26BrNO. The highest BCUT2D eigenvalue weighted by atomic mass is 79.9. The van der Waals surface area contributed by atoms with Gasteiger partial charge in [0.2, 0.25) is 0 Å². The number of hydrogen-bond donors (Lipinski definition) is 1. The van der Waals surface area contributed by atoms with Crippen molar-refractivity contribution >= 4 is 15.9 Å². The number of benzene rings is 1. The summed E-state index contributed by atoms with van der Waals surface area (Å²) in [6.45, 7) is 10.0. The molecule has 1 aliphatic heterocycles. The largest absolute Gasteiger partial charge is 0.487 e. The molecule has 0 spiro atoms. The van der Waals surface area contributed by atoms with Gasteiger partial charge in [-0.2, -0.15) is 0 Å². The summed E-state index contributed by atoms with van der Waals surface area (Å²) in [4.78, 5) is 0. The summed E-state index contributed by atoms with van der Waals surface area (Å²) in [6, 6.07) is 6.74. The van der Waals surface area contributed by atoms with Gasteiger partial charge in [0.25, 0.3) is 0 Å². The number of ether oxygens (including phenoxy) is 1. The van der Waals surface area contributed by atoms with E-state index in [1.165, 1.54) is 5.56 Å². The molecule has 1 heterocycles. The Kier molecular flexibility index (Phi) is 5.14. The second-order valence-corrected chi connectivity index (χ2v) is 7.46. The lowest BCUT2D eigenvalue weighted by atomic mass is 9.83. The van der Waals surface area contributed by atoms with E-state index in [9.17, 15) is 0 Å². The van der Waals surface area contributed by atoms with Gasteiger partial charge in [0.1, 0.15) is 11.4 Å². The molecule has 0 aromatic heterocycles. The predicted octanol–water partition coefficient (Wildman–Crippen LogP) is 5.08. The number of nitrogens with one attached hydrogen (secondary N) is 1. The van der Waals surface area contributed by atoms with Gasteiger partial charge in [-0.25, -0.2) is 0 Å². The van der Waals surface area contributed by atoms with Crippen molar-refractivity contribution in [1.29, 1.82) is 0 Å². The van der Waals surface area contributed by atoms with Crippen LogP contribution in [0.5, 0.6) is 5.75 Å². The van der Waals surface area contributed by atoms with Crippen molar-refractivity contribution in [3.05, 3.63) is 28.2 Å². The third-order valence-corrected chi connectivity index (χ3v) is 4.31. The molecule has 0 amide bonds. The Morgan fingerprint density at radius 2 is 2.20 bits per heavy atom. The minimum atomic E-state index is -0.0690. The van der Waals surface area contributed by atoms with Crippen molar-refractivity contribution in [3.63, 3.8) is 0 Å². The van der Waals surface area contributed by atoms with Crippen molar-refractivity contribution in [2.24, 2.45) is 5.92 Å². The fourth-order valence-corrected chi connectivity index (χ4v) is 3.60. The van der Waals surface area contributed by atoms with Crippen molar-refractivity contribution in [2.75, 3.05) is 6.54 Å². The van der Waals surface area contributed by atoms with Crippen LogP contribution >= 0.6 is 15.9 Å². The zero-order valence-electron chi connectivity index (χ0n) is 13.0. The summed E-state index contributed by atoms with van der Waals surface area (Å²) >= 11 is 3.57. The van der Waals surface area contributed by atoms with Crippen LogP contribution < -0.4 is 10.1 Å². The van der Waals surface area contributed by atoms with Gasteiger partial charge in [0.15, 0.2) is 0 Å². The summed E-state index contributed by atoms with van der Waals surface area (Å²) < 4.78 is 7.46. The fourth-order valence-electron chi connectivity index (χ4n) is 3.22. The predicted molar refractivity (Wildman–Crippen MR) is 88.3 cm³/mol. The van der Waals surface area contributed by atoms with E-state index < -0.39 is 0 Å². The first-order chi connectivity index (χ1) is 9.43. The van der Waals surface area contributed by atoms with Crippen molar-refractivity contribution in [3.8, 4) is 5.75 Å². The molecule has 3 heteroatoms. The van der Waals surface area contributed by atoms with Crippen molar-refractivity contribution in [1.82, 2.24) is 5.32 Å². The van der Waals surface area contributed by atoms with E-state index in [1.807, 2.05) is 0 Å². The van der Waals surface area contributed by atoms with Crippen LogP contribution in [0, 0.1) is 5.92 Å². The summed E-state index contributed by atoms with van der Waals surface area (Å²) in [6.07, 6.45) is 3.28. The summed E-state index contributed by atoms with van der Waals surface area (Å²) in [7, 11) is 0. The third kappa shape index (κ3) is 3.76. The van der Waals surface area contributed by atoms with Gasteiger partial charge in [-0.05, 0) is 50.4 Å². The van der Waals surface area contributed by atoms with E-state index in [1.54, 1.807) is 0 Å². The first-order valence-corrected chi connectivity index (χ1v) is 8.44. The SMILES string of the molecule is CCCNC1CC(C)(CC(C)C)Oc2ccc(Br)cc21. The standard InChI is InChI=1S/C17H26BrNO/c1-5-8-19-15-11-17(4,10-12(2)3)20-16-7-6-13(18)9-14(15)16/h6-7,9,12,15,19H,5,8,10-11H2,1-4H3. The monoisotopic (exact) mass is 339 g/mol. The Hall–Kier alpha value is -0.540. The van der Waals surface area contributed by atoms with Gasteiger partial charge >= 0.3 is 0 Å². The van der Waals surface area contributed by atoms with Gasteiger partial charge in [-0.15, -0.1) is 0 Å². The fraction of sp³-hybridized carbons (Fsp3) is 0.647. The van der Waals surface area contributed by atoms with Crippen LogP contribution in [0.4, 0.5) is 0 Å². The highest BCUT2D eigenvalue weighted by Crippen LogP contribution is 2.43. The molecule has 1 N–H and O–H groups in total. The lowest BCUT2D eigenvalue weighted by molar-refractivity contribution is 0.0286. The molecule has 0 bridgehead atoms. The van der Waals surface area contributed by atoms with Crippen LogP contribution in [0.2, 0.25) is 0 Å². The second-order valence-electron chi connectivity index (χ2n) is 6.54. The van der Waals surface area contributed by atoms with Crippen LogP contribution in [0.15, 0.2) is 22.7 Å². The molecule has 0 saturated heterocycles. The van der Waals surface area contributed by atoms with E-state index in [-0.39, 0.29) is 5.60 Å². The van der Waals surface area contributed by atoms with Crippen LogP contribution in [0.3, 0.4) is 0 Å². The van der Waals surface area contributed by atoms with E-state index in [0.29, 0.717) is 12.0 Å². The molecule has 2 nitrogen and oxygen atoms in total. The molecule has 2 rings (SSSR count). The average molecular weight is 340 g/mol. The maximum absolute atomic E-state index is 6.33. The lowest BCUT2D eigenvalue weighted by Gasteiger charge is -2.41. The van der Waals surface area contributed by atoms with Crippen LogP contribution in [0.1, 0.15) is 58.6 Å². The van der Waals surface area contributed by atoms with Crippen LogP contribution in [-0.2, 0) is 0 Å². The highest BCUT2D eigenvalue weighted by molar-refractivity contribution is 9.10. The Balaban J connectivity index is 2.28. The highest BCUT2D eigenvalue weighted by Gasteiger charge is 2.37. The Bertz CT molecular complexity index is 460. The van der Waals surface area contributed by atoms with Gasteiger partial charge in [0.05, 0.1) is 0 Å². The maximum Gasteiger partial charge on any atom is 0.124 e. The molecule has 1 aromatic carbocycles. The second kappa shape index (κ2) is 6.48. The van der Waals surface area contributed by atoms with E-state index >= 15 is 0 Å². The van der Waals surface area contributed by atoms with E-state index in [4.69, 9.17) is 4.74 Å². The van der Waals surface area contributed by atoms with Gasteiger partial charge < -0.3 is 10.1 Å². The average Bonchev–Trinajstić information content (AvgIpc) is 2.35. The minimum Gasteiger partial charge on any atom is -0.487 e. The number of halogens is 1. The zero-order chi connectivity index (χ0) is 14.8. The van der Waals surface area contributed by atoms with Crippen LogP contribution in [-0.4, -0.2) is 12.1 Å². The van der Waals surface area contributed by atoms with E-state index in [2.05, 4.69) is 67.1 Å². The smallest absolute Gasteiger partial charge is 0.124 e. The van der Waals surface area contributed by atoms with Gasteiger partial charge in [-0.1, -0.05) is 36.7 Å².